The molecule has 0 atom stereocenters. The molecule has 0 saturated heterocycles. The second kappa shape index (κ2) is 7.19. The zero-order valence-electron chi connectivity index (χ0n) is 14.6. The van der Waals surface area contributed by atoms with Gasteiger partial charge in [0.25, 0.3) is 0 Å². The summed E-state index contributed by atoms with van der Waals surface area (Å²) in [6.45, 7) is 0.805. The van der Waals surface area contributed by atoms with Crippen molar-refractivity contribution in [2.75, 3.05) is 6.79 Å². The van der Waals surface area contributed by atoms with E-state index in [2.05, 4.69) is 12.1 Å². The Hall–Kier alpha value is -2.02. The number of ether oxygens (including phenoxy) is 2. The van der Waals surface area contributed by atoms with Crippen molar-refractivity contribution in [2.45, 2.75) is 36.3 Å². The monoisotopic (exact) mass is 399 g/mol. The maximum absolute atomic E-state index is 6.27. The van der Waals surface area contributed by atoms with Crippen LogP contribution in [0.15, 0.2) is 47.6 Å². The van der Waals surface area contributed by atoms with Gasteiger partial charge in [-0.2, -0.15) is 0 Å². The number of thioether (sulfide) groups is 1. The van der Waals surface area contributed by atoms with E-state index in [1.54, 1.807) is 11.8 Å². The van der Waals surface area contributed by atoms with Crippen LogP contribution < -0.4 is 4.74 Å². The second-order valence-corrected chi connectivity index (χ2v) is 8.11. The molecule has 27 heavy (non-hydrogen) atoms. The van der Waals surface area contributed by atoms with E-state index in [1.807, 2.05) is 35.0 Å². The first-order chi connectivity index (χ1) is 13.3. The highest BCUT2D eigenvalue weighted by molar-refractivity contribution is 7.98. The number of hydrogen-bond donors (Lipinski definition) is 0. The maximum atomic E-state index is 6.27. The zero-order valence-corrected chi connectivity index (χ0v) is 16.2. The van der Waals surface area contributed by atoms with Crippen molar-refractivity contribution < 1.29 is 9.47 Å². The quantitative estimate of drug-likeness (QED) is 0.567. The van der Waals surface area contributed by atoms with Crippen molar-refractivity contribution in [3.63, 3.8) is 0 Å². The molecule has 7 heteroatoms. The summed E-state index contributed by atoms with van der Waals surface area (Å²) in [6, 6.07) is 14.0. The average Bonchev–Trinajstić information content (AvgIpc) is 3.46. The molecule has 2 aliphatic rings. The van der Waals surface area contributed by atoms with Gasteiger partial charge in [0.1, 0.15) is 11.6 Å². The van der Waals surface area contributed by atoms with E-state index in [1.165, 1.54) is 12.8 Å². The smallest absolute Gasteiger partial charge is 0.209 e. The highest BCUT2D eigenvalue weighted by atomic mass is 35.5. The minimum atomic E-state index is 0.277. The van der Waals surface area contributed by atoms with Crippen molar-refractivity contribution in [1.29, 1.82) is 0 Å². The largest absolute Gasteiger partial charge is 0.467 e. The van der Waals surface area contributed by atoms with Gasteiger partial charge in [-0.3, -0.25) is 0 Å². The summed E-state index contributed by atoms with van der Waals surface area (Å²) in [5.74, 6) is 3.15. The summed E-state index contributed by atoms with van der Waals surface area (Å²) < 4.78 is 13.0. The molecule has 1 aliphatic carbocycles. The van der Waals surface area contributed by atoms with Gasteiger partial charge in [-0.15, -0.1) is 5.10 Å². The van der Waals surface area contributed by atoms with Gasteiger partial charge in [-0.25, -0.2) is 9.67 Å². The number of rotatable bonds is 5. The van der Waals surface area contributed by atoms with Crippen molar-refractivity contribution in [3.05, 3.63) is 64.4 Å². The first-order valence-electron chi connectivity index (χ1n) is 8.95. The van der Waals surface area contributed by atoms with Gasteiger partial charge in [-0.05, 0) is 37.1 Å². The second-order valence-electron chi connectivity index (χ2n) is 6.73. The Morgan fingerprint density at radius 1 is 1.19 bits per heavy atom. The Bertz CT molecular complexity index is 973. The van der Waals surface area contributed by atoms with Gasteiger partial charge in [0.05, 0.1) is 12.3 Å². The molecule has 5 rings (SSSR count). The summed E-state index contributed by atoms with van der Waals surface area (Å²) in [5, 5.41) is 6.23. The normalized spacial score (nSPS) is 16.0. The van der Waals surface area contributed by atoms with Gasteiger partial charge in [0.15, 0.2) is 6.79 Å². The van der Waals surface area contributed by atoms with E-state index in [9.17, 15) is 0 Å². The summed E-state index contributed by atoms with van der Waals surface area (Å²) in [4.78, 5) is 4.81. The minimum Gasteiger partial charge on any atom is -0.467 e. The van der Waals surface area contributed by atoms with Crippen LogP contribution in [0.4, 0.5) is 0 Å². The lowest BCUT2D eigenvalue weighted by Gasteiger charge is -2.20. The highest BCUT2D eigenvalue weighted by Gasteiger charge is 2.30. The molecule has 0 bridgehead atoms. The number of aromatic nitrogens is 3. The van der Waals surface area contributed by atoms with Crippen molar-refractivity contribution in [3.8, 4) is 11.4 Å². The Balaban J connectivity index is 1.42. The van der Waals surface area contributed by atoms with Gasteiger partial charge in [-0.1, -0.05) is 41.6 Å². The van der Waals surface area contributed by atoms with E-state index in [0.717, 1.165) is 33.5 Å². The Labute approximate surface area is 166 Å². The predicted octanol–water partition coefficient (Wildman–Crippen LogP) is 4.96. The van der Waals surface area contributed by atoms with Gasteiger partial charge in [0.2, 0.25) is 5.16 Å². The third kappa shape index (κ3) is 3.57. The fraction of sp³-hybridized carbons (Fsp3) is 0.300. The van der Waals surface area contributed by atoms with E-state index in [-0.39, 0.29) is 6.79 Å². The number of hydrogen-bond acceptors (Lipinski definition) is 5. The van der Waals surface area contributed by atoms with Crippen molar-refractivity contribution in [1.82, 2.24) is 14.8 Å². The van der Waals surface area contributed by atoms with Crippen LogP contribution in [-0.4, -0.2) is 21.6 Å². The lowest BCUT2D eigenvalue weighted by molar-refractivity contribution is -0.0168. The molecule has 0 spiro atoms. The first kappa shape index (κ1) is 17.1. The summed E-state index contributed by atoms with van der Waals surface area (Å²) in [6.07, 6.45) is 2.37. The molecule has 2 aromatic carbocycles. The van der Waals surface area contributed by atoms with Crippen LogP contribution in [0.25, 0.3) is 5.69 Å². The van der Waals surface area contributed by atoms with Gasteiger partial charge < -0.3 is 9.47 Å². The standard InChI is InChI=1S/C20H18ClN3O2S/c21-16-8-14-10-25-12-26-18(14)15(9-16)11-27-20-22-19(13-6-7-13)24(23-20)17-4-2-1-3-5-17/h1-5,8-9,13H,6-7,10-12H2. The lowest BCUT2D eigenvalue weighted by Crippen LogP contribution is -2.12. The number of fused-ring (bicyclic) bond motifs is 1. The maximum Gasteiger partial charge on any atom is 0.209 e. The molecule has 0 radical (unpaired) electrons. The summed E-state index contributed by atoms with van der Waals surface area (Å²) >= 11 is 7.87. The van der Waals surface area contributed by atoms with Crippen LogP contribution in [0.5, 0.6) is 5.75 Å². The first-order valence-corrected chi connectivity index (χ1v) is 10.3. The molecule has 1 aliphatic heterocycles. The molecule has 0 N–H and O–H groups in total. The van der Waals surface area contributed by atoms with E-state index in [4.69, 9.17) is 31.2 Å². The van der Waals surface area contributed by atoms with E-state index >= 15 is 0 Å². The van der Waals surface area contributed by atoms with Crippen molar-refractivity contribution >= 4 is 23.4 Å². The van der Waals surface area contributed by atoms with Gasteiger partial charge in [0, 0.05) is 27.8 Å². The molecule has 138 valence electrons. The van der Waals surface area contributed by atoms with Crippen LogP contribution in [0, 0.1) is 0 Å². The van der Waals surface area contributed by atoms with E-state index in [0.29, 0.717) is 23.3 Å². The Morgan fingerprint density at radius 2 is 2.04 bits per heavy atom. The van der Waals surface area contributed by atoms with Crippen LogP contribution >= 0.6 is 23.4 Å². The Morgan fingerprint density at radius 3 is 2.85 bits per heavy atom. The van der Waals surface area contributed by atoms with E-state index < -0.39 is 0 Å². The SMILES string of the molecule is Clc1cc2c(c(CSc3nc(C4CC4)n(-c4ccccc4)n3)c1)OCOC2. The summed E-state index contributed by atoms with van der Waals surface area (Å²) in [5.41, 5.74) is 3.10. The highest BCUT2D eigenvalue weighted by Crippen LogP contribution is 2.41. The van der Waals surface area contributed by atoms with Gasteiger partial charge >= 0.3 is 0 Å². The van der Waals surface area contributed by atoms with Crippen molar-refractivity contribution in [2.24, 2.45) is 0 Å². The third-order valence-electron chi connectivity index (χ3n) is 4.66. The number of para-hydroxylation sites is 1. The third-order valence-corrected chi connectivity index (χ3v) is 5.77. The number of nitrogens with zero attached hydrogens (tertiary/aromatic N) is 3. The number of halogens is 1. The minimum absolute atomic E-state index is 0.277. The number of benzene rings is 2. The molecule has 0 unspecified atom stereocenters. The molecular weight excluding hydrogens is 382 g/mol. The fourth-order valence-electron chi connectivity index (χ4n) is 3.24. The summed E-state index contributed by atoms with van der Waals surface area (Å²) in [7, 11) is 0. The lowest BCUT2D eigenvalue weighted by atomic mass is 10.1. The van der Waals surface area contributed by atoms with Crippen LogP contribution in [-0.2, 0) is 17.1 Å². The van der Waals surface area contributed by atoms with Crippen LogP contribution in [0.3, 0.4) is 0 Å². The molecular formula is C20H18ClN3O2S. The average molecular weight is 400 g/mol. The zero-order chi connectivity index (χ0) is 18.2. The molecule has 5 nitrogen and oxygen atoms in total. The molecule has 1 fully saturated rings. The molecule has 3 aromatic rings. The molecule has 0 amide bonds. The molecule has 2 heterocycles. The van der Waals surface area contributed by atoms with Crippen LogP contribution in [0.2, 0.25) is 5.02 Å². The molecule has 1 aromatic heterocycles. The predicted molar refractivity (Wildman–Crippen MR) is 105 cm³/mol. The topological polar surface area (TPSA) is 49.2 Å². The van der Waals surface area contributed by atoms with Crippen LogP contribution in [0.1, 0.15) is 35.7 Å². The Kier molecular flexibility index (Phi) is 4.55. The fourth-order valence-corrected chi connectivity index (χ4v) is 4.30. The molecule has 1 saturated carbocycles.